The molecule has 676 valence electrons. The van der Waals surface area contributed by atoms with Crippen molar-refractivity contribution in [3.63, 3.8) is 0 Å². The van der Waals surface area contributed by atoms with E-state index >= 15 is 0 Å². The van der Waals surface area contributed by atoms with Gasteiger partial charge in [-0.2, -0.15) is 0 Å². The van der Waals surface area contributed by atoms with Gasteiger partial charge in [0.2, 0.25) is 21.0 Å². The summed E-state index contributed by atoms with van der Waals surface area (Å²) in [7, 11) is -18.0. The number of Topliss-reactive ketones (excluding diaryl/α,β-unsaturated/α-hetero) is 4. The van der Waals surface area contributed by atoms with Gasteiger partial charge >= 0.3 is 34.9 Å². The third-order valence-electron chi connectivity index (χ3n) is 18.2. The van der Waals surface area contributed by atoms with Gasteiger partial charge in [0, 0.05) is 71.2 Å². The molecule has 0 radical (unpaired) electrons. The first-order chi connectivity index (χ1) is 60.1. The molecule has 5 N–H and O–H groups in total. The summed E-state index contributed by atoms with van der Waals surface area (Å²) in [5.74, 6) is -11.2. The molecule has 7 atom stereocenters. The van der Waals surface area contributed by atoms with Gasteiger partial charge in [-0.25, -0.2) is 39.9 Å². The van der Waals surface area contributed by atoms with E-state index < -0.39 is 160 Å². The largest absolute Gasteiger partial charge is 0.510 e. The number of allylic oxidation sites excluding steroid dienone is 4. The van der Waals surface area contributed by atoms with Gasteiger partial charge in [0.05, 0.1) is 11.5 Å². The Morgan fingerprint density at radius 2 is 0.648 bits per heavy atom. The fourth-order valence-electron chi connectivity index (χ4n) is 12.3. The molecular weight excluding hydrogens is 1920 g/mol. The number of thiophene rings is 4. The van der Waals surface area contributed by atoms with Crippen molar-refractivity contribution in [2.75, 3.05) is 20.3 Å². The normalized spacial score (nSPS) is 14.3. The number of halogens is 12. The fraction of sp³-hybridized carbons (Fsp3) is 0.205. The van der Waals surface area contributed by atoms with Crippen molar-refractivity contribution < 1.29 is 130 Å². The van der Waals surface area contributed by atoms with E-state index in [-0.39, 0.29) is 42.4 Å². The standard InChI is InChI=1S/C25H24ClF2O6PS.C24H22ClF2O7PS.C20H16ClF2O3PS.C19H14ClF2O4PS/c1-25(2,3)24(30)33-14-34-35(31,32)23(18-13-36-22-10-8-16(26)12-17(18)22)21(29)6-4-5-15-7-9-19(27)20(28)11-15;1-14(2)34-24(29)32-13-33-35(30,31)23(18-12-36-22-9-7-16(25)11-17(18)22)21(28)5-3-4-15-6-8-19(26)20(27)10-15;1-27(25,26)20(15-11-28-19-8-6-13(21)10-14(15)19)18(24)4-2-3-12-5-7-16(22)17(23)9-12;20-12-5-7-18-13(9-12)14(10-28-18)19(27(24,25)26)17(23)3-1-2-11-4-6-15(21)16(22)8-11/h4-5,7-13,23H,6,14H2,1-3H3,(H,31,32);3-4,6-12,14,23H,5,13H2,1-2H3,(H,30,31);2-3,5-11,20H,4H2,1H3,(H,25,26);1-2,4-10,19H,3H2,(H2,24,25,26)/b5-4+;4-3+;3-2+;2-1+. The van der Waals surface area contributed by atoms with Crippen LogP contribution in [0, 0.1) is 52.0 Å². The Balaban J connectivity index is 0.000000194. The molecule has 128 heavy (non-hydrogen) atoms. The predicted molar refractivity (Wildman–Crippen MR) is 486 cm³/mol. The molecule has 0 aliphatic heterocycles. The smallest absolute Gasteiger partial charge is 0.438 e. The van der Waals surface area contributed by atoms with Gasteiger partial charge < -0.3 is 38.7 Å². The minimum atomic E-state index is -4.80. The van der Waals surface area contributed by atoms with Crippen molar-refractivity contribution in [2.24, 2.45) is 5.41 Å². The highest BCUT2D eigenvalue weighted by molar-refractivity contribution is 7.58. The minimum absolute atomic E-state index is 0.125. The number of esters is 1. The van der Waals surface area contributed by atoms with Gasteiger partial charge in [0.15, 0.2) is 69.7 Å². The monoisotopic (exact) mass is 2000 g/mol. The molecular formula is C88H76Cl4F8O20P4S4. The molecule has 12 aromatic rings. The molecule has 0 bridgehead atoms. The maximum absolute atomic E-state index is 13.5. The molecule has 12 rings (SSSR count). The molecule has 0 spiro atoms. The van der Waals surface area contributed by atoms with Gasteiger partial charge in [-0.3, -0.25) is 51.3 Å². The van der Waals surface area contributed by atoms with E-state index in [0.29, 0.717) is 69.5 Å². The van der Waals surface area contributed by atoms with Crippen LogP contribution in [-0.4, -0.2) is 86.1 Å². The van der Waals surface area contributed by atoms with Crippen LogP contribution in [0.2, 0.25) is 20.1 Å². The SMILES string of the molecule is CC(C)(C)C(=O)OCOP(=O)(O)C(C(=O)C/C=C/c1ccc(F)c(F)c1)c1csc2ccc(Cl)cc12.CC(C)OC(=O)OCOP(=O)(O)C(C(=O)C/C=C/c1ccc(F)c(F)c1)c1csc2ccc(Cl)cc12.CP(=O)(O)C(C(=O)C/C=C/c1ccc(F)c(F)c1)c1csc2ccc(Cl)cc12.O=C(C/C=C/c1ccc(F)c(F)c1)C(c1csc2ccc(Cl)cc12)P(=O)(O)O. The van der Waals surface area contributed by atoms with Crippen LogP contribution < -0.4 is 0 Å². The first kappa shape index (κ1) is 103. The molecule has 4 heterocycles. The fourth-order valence-corrected chi connectivity index (χ4v) is 22.4. The van der Waals surface area contributed by atoms with Crippen molar-refractivity contribution in [1.29, 1.82) is 0 Å². The molecule has 0 aliphatic carbocycles. The maximum Gasteiger partial charge on any atom is 0.510 e. The molecule has 7 unspecified atom stereocenters. The zero-order valence-electron chi connectivity index (χ0n) is 67.7. The summed E-state index contributed by atoms with van der Waals surface area (Å²) in [6.07, 6.45) is 8.59. The van der Waals surface area contributed by atoms with Crippen LogP contribution in [0.25, 0.3) is 64.6 Å². The Kier molecular flexibility index (Phi) is 36.5. The van der Waals surface area contributed by atoms with Crippen LogP contribution in [0.1, 0.15) is 127 Å². The summed E-state index contributed by atoms with van der Waals surface area (Å²) in [5, 5.41) is 10.2. The van der Waals surface area contributed by atoms with Crippen LogP contribution >= 0.6 is 122 Å². The molecule has 20 nitrogen and oxygen atoms in total. The summed E-state index contributed by atoms with van der Waals surface area (Å²) in [6.45, 7) is 7.44. The molecule has 4 aromatic heterocycles. The third kappa shape index (κ3) is 28.6. The molecule has 0 saturated carbocycles. The van der Waals surface area contributed by atoms with Crippen LogP contribution in [0.4, 0.5) is 39.9 Å². The lowest BCUT2D eigenvalue weighted by Crippen LogP contribution is -2.24. The van der Waals surface area contributed by atoms with Crippen LogP contribution in [0.15, 0.2) is 191 Å². The van der Waals surface area contributed by atoms with Crippen molar-refractivity contribution in [3.8, 4) is 0 Å². The number of hydrogen-bond acceptors (Lipinski definition) is 19. The third-order valence-corrected chi connectivity index (χ3v) is 29.2. The van der Waals surface area contributed by atoms with E-state index in [1.807, 2.05) is 0 Å². The summed E-state index contributed by atoms with van der Waals surface area (Å²) in [6, 6.07) is 33.1. The lowest BCUT2D eigenvalue weighted by atomic mass is 9.98. The number of benzene rings is 8. The van der Waals surface area contributed by atoms with Crippen molar-refractivity contribution >= 4 is 222 Å². The van der Waals surface area contributed by atoms with Gasteiger partial charge in [-0.15, -0.1) is 45.3 Å². The van der Waals surface area contributed by atoms with Crippen molar-refractivity contribution in [3.05, 3.63) is 303 Å². The Bertz CT molecular complexity index is 6300. The van der Waals surface area contributed by atoms with E-state index in [1.54, 1.807) is 129 Å². The first-order valence-electron chi connectivity index (χ1n) is 37.6. The van der Waals surface area contributed by atoms with E-state index in [2.05, 4.69) is 4.74 Å². The minimum Gasteiger partial charge on any atom is -0.438 e. The molecule has 0 amide bonds. The van der Waals surface area contributed by atoms with Gasteiger partial charge in [-0.05, 0) is 244 Å². The highest BCUT2D eigenvalue weighted by Gasteiger charge is 2.44. The number of ether oxygens (including phenoxy) is 3. The van der Waals surface area contributed by atoms with E-state index in [1.165, 1.54) is 118 Å². The number of carbonyl (C=O) groups excluding carboxylic acids is 6. The predicted octanol–water partition coefficient (Wildman–Crippen LogP) is 26.7. The highest BCUT2D eigenvalue weighted by atomic mass is 35.5. The second-order valence-corrected chi connectivity index (χ2v) is 42.6. The quantitative estimate of drug-likeness (QED) is 0.0117. The number of hydrogen-bond donors (Lipinski definition) is 5. The first-order valence-corrected chi connectivity index (χ1v) is 49.8. The number of fused-ring (bicyclic) bond motifs is 4. The number of rotatable bonds is 31. The van der Waals surface area contributed by atoms with Crippen LogP contribution in [-0.2, 0) is 65.5 Å². The Hall–Kier alpha value is -8.78. The summed E-state index contributed by atoms with van der Waals surface area (Å²) in [4.78, 5) is 127. The number of ketones is 4. The molecule has 40 heteroatoms. The number of carbonyl (C=O) groups is 6. The van der Waals surface area contributed by atoms with E-state index in [9.17, 15) is 107 Å². The zero-order valence-corrected chi connectivity index (χ0v) is 77.6. The van der Waals surface area contributed by atoms with Gasteiger partial charge in [0.1, 0.15) is 22.6 Å². The summed E-state index contributed by atoms with van der Waals surface area (Å²) < 4.78 is 184. The molecule has 0 aliphatic rings. The topological polar surface area (TPSA) is 318 Å². The van der Waals surface area contributed by atoms with E-state index in [4.69, 9.17) is 64.9 Å². The summed E-state index contributed by atoms with van der Waals surface area (Å²) in [5.41, 5.74) is -4.43. The lowest BCUT2D eigenvalue weighted by Gasteiger charge is -2.22. The average Bonchev–Trinajstić information content (AvgIpc) is 1.63. The zero-order chi connectivity index (χ0) is 94.1. The molecule has 0 saturated heterocycles. The molecule has 0 fully saturated rings. The molecule has 8 aromatic carbocycles. The van der Waals surface area contributed by atoms with Gasteiger partial charge in [-0.1, -0.05) is 119 Å². The Morgan fingerprint density at radius 1 is 0.383 bits per heavy atom. The van der Waals surface area contributed by atoms with Crippen molar-refractivity contribution in [2.45, 2.75) is 89.0 Å². The lowest BCUT2D eigenvalue weighted by molar-refractivity contribution is -0.160. The average molecular weight is 2000 g/mol. The van der Waals surface area contributed by atoms with Crippen LogP contribution in [0.5, 0.6) is 0 Å². The second kappa shape index (κ2) is 45.4. The maximum atomic E-state index is 13.5. The van der Waals surface area contributed by atoms with E-state index in [0.717, 1.165) is 74.0 Å². The van der Waals surface area contributed by atoms with Crippen LogP contribution in [0.3, 0.4) is 0 Å². The Morgan fingerprint density at radius 3 is 0.914 bits per heavy atom. The van der Waals surface area contributed by atoms with Crippen molar-refractivity contribution in [1.82, 2.24) is 0 Å². The summed E-state index contributed by atoms with van der Waals surface area (Å²) >= 11 is 29.4. The second-order valence-electron chi connectivity index (χ2n) is 29.3. The van der Waals surface area contributed by atoms with Gasteiger partial charge in [0.25, 0.3) is 0 Å². The Labute approximate surface area is 763 Å². The highest BCUT2D eigenvalue weighted by Crippen LogP contribution is 2.62.